The van der Waals surface area contributed by atoms with Crippen molar-refractivity contribution < 1.29 is 18.1 Å². The van der Waals surface area contributed by atoms with E-state index in [0.717, 1.165) is 24.8 Å². The number of hydrogen-bond donors (Lipinski definition) is 1. The Kier molecular flexibility index (Phi) is 6.52. The number of aromatic nitrogens is 2. The molecule has 11 heteroatoms. The fourth-order valence-corrected chi connectivity index (χ4v) is 5.16. The second kappa shape index (κ2) is 9.51. The zero-order valence-electron chi connectivity index (χ0n) is 17.8. The van der Waals surface area contributed by atoms with Crippen LogP contribution >= 0.6 is 0 Å². The van der Waals surface area contributed by atoms with E-state index in [4.69, 9.17) is 0 Å². The SMILES string of the molecule is O=C(NCc1ccc(S(=O)(=O)N2CCCCC2)cc1)c1ccn(-c2cccc([N+](=O)[O-])c2)n1. The van der Waals surface area contributed by atoms with Crippen LogP contribution in [0, 0.1) is 10.1 Å². The quantitative estimate of drug-likeness (QED) is 0.419. The first kappa shape index (κ1) is 22.6. The summed E-state index contributed by atoms with van der Waals surface area (Å²) in [5.41, 5.74) is 1.30. The molecule has 0 saturated carbocycles. The van der Waals surface area contributed by atoms with E-state index in [1.54, 1.807) is 42.6 Å². The molecule has 33 heavy (non-hydrogen) atoms. The minimum atomic E-state index is -3.49. The van der Waals surface area contributed by atoms with E-state index in [1.807, 2.05) is 0 Å². The Morgan fingerprint density at radius 3 is 2.48 bits per heavy atom. The smallest absolute Gasteiger partial charge is 0.272 e. The van der Waals surface area contributed by atoms with Crippen molar-refractivity contribution in [3.63, 3.8) is 0 Å². The minimum Gasteiger partial charge on any atom is -0.347 e. The van der Waals surface area contributed by atoms with Crippen LogP contribution < -0.4 is 5.32 Å². The fourth-order valence-electron chi connectivity index (χ4n) is 3.64. The third-order valence-corrected chi connectivity index (χ3v) is 7.37. The van der Waals surface area contributed by atoms with Crippen LogP contribution in [0.5, 0.6) is 0 Å². The number of nitro benzene ring substituents is 1. The van der Waals surface area contributed by atoms with Gasteiger partial charge in [-0.15, -0.1) is 0 Å². The molecule has 10 nitrogen and oxygen atoms in total. The van der Waals surface area contributed by atoms with Crippen LogP contribution in [-0.4, -0.2) is 46.4 Å². The molecule has 0 spiro atoms. The summed E-state index contributed by atoms with van der Waals surface area (Å²) >= 11 is 0. The van der Waals surface area contributed by atoms with E-state index < -0.39 is 20.9 Å². The van der Waals surface area contributed by atoms with Crippen LogP contribution in [0.15, 0.2) is 65.7 Å². The minimum absolute atomic E-state index is 0.0697. The van der Waals surface area contributed by atoms with Gasteiger partial charge in [0, 0.05) is 38.0 Å². The van der Waals surface area contributed by atoms with Crippen molar-refractivity contribution in [2.45, 2.75) is 30.7 Å². The lowest BCUT2D eigenvalue weighted by atomic mass is 10.2. The Morgan fingerprint density at radius 2 is 1.79 bits per heavy atom. The Bertz CT molecular complexity index is 1260. The van der Waals surface area contributed by atoms with Gasteiger partial charge in [-0.3, -0.25) is 14.9 Å². The highest BCUT2D eigenvalue weighted by molar-refractivity contribution is 7.89. The number of piperidine rings is 1. The maximum absolute atomic E-state index is 12.7. The van der Waals surface area contributed by atoms with E-state index in [-0.39, 0.29) is 22.8 Å². The van der Waals surface area contributed by atoms with Crippen LogP contribution in [0.2, 0.25) is 0 Å². The summed E-state index contributed by atoms with van der Waals surface area (Å²) < 4.78 is 28.4. The van der Waals surface area contributed by atoms with E-state index in [1.165, 1.54) is 27.2 Å². The van der Waals surface area contributed by atoms with Gasteiger partial charge in [-0.1, -0.05) is 24.6 Å². The Labute approximate surface area is 191 Å². The lowest BCUT2D eigenvalue weighted by Crippen LogP contribution is -2.35. The number of sulfonamides is 1. The van der Waals surface area contributed by atoms with Gasteiger partial charge in [0.1, 0.15) is 0 Å². The summed E-state index contributed by atoms with van der Waals surface area (Å²) in [6.07, 6.45) is 4.35. The highest BCUT2D eigenvalue weighted by Crippen LogP contribution is 2.21. The van der Waals surface area contributed by atoms with Gasteiger partial charge in [0.05, 0.1) is 15.5 Å². The first-order valence-corrected chi connectivity index (χ1v) is 12.0. The molecule has 0 radical (unpaired) electrons. The lowest BCUT2D eigenvalue weighted by molar-refractivity contribution is -0.384. The lowest BCUT2D eigenvalue weighted by Gasteiger charge is -2.25. The van der Waals surface area contributed by atoms with Crippen LogP contribution in [0.25, 0.3) is 5.69 Å². The number of hydrogen-bond acceptors (Lipinski definition) is 6. The summed E-state index contributed by atoms with van der Waals surface area (Å²) in [6, 6.07) is 13.9. The highest BCUT2D eigenvalue weighted by Gasteiger charge is 2.25. The van der Waals surface area contributed by atoms with Crippen LogP contribution in [-0.2, 0) is 16.6 Å². The molecule has 0 unspecified atom stereocenters. The van der Waals surface area contributed by atoms with Gasteiger partial charge in [0.2, 0.25) is 10.0 Å². The van der Waals surface area contributed by atoms with E-state index >= 15 is 0 Å². The van der Waals surface area contributed by atoms with Gasteiger partial charge < -0.3 is 5.32 Å². The molecule has 172 valence electrons. The Hall–Kier alpha value is -3.57. The molecule has 2 aromatic carbocycles. The number of carbonyl (C=O) groups excluding carboxylic acids is 1. The Balaban J connectivity index is 1.38. The number of nitrogens with one attached hydrogen (secondary N) is 1. The van der Waals surface area contributed by atoms with Crippen molar-refractivity contribution in [3.8, 4) is 5.69 Å². The van der Waals surface area contributed by atoms with Gasteiger partial charge >= 0.3 is 0 Å². The summed E-state index contributed by atoms with van der Waals surface area (Å²) in [5, 5.41) is 17.9. The van der Waals surface area contributed by atoms with E-state index in [0.29, 0.717) is 18.8 Å². The molecule has 1 aromatic heterocycles. The number of benzene rings is 2. The normalized spacial score (nSPS) is 14.7. The molecule has 1 saturated heterocycles. The van der Waals surface area contributed by atoms with Crippen molar-refractivity contribution in [3.05, 3.63) is 82.2 Å². The van der Waals surface area contributed by atoms with Gasteiger partial charge in [0.15, 0.2) is 5.69 Å². The van der Waals surface area contributed by atoms with Crippen molar-refractivity contribution in [2.75, 3.05) is 13.1 Å². The predicted octanol–water partition coefficient (Wildman–Crippen LogP) is 2.89. The van der Waals surface area contributed by atoms with Gasteiger partial charge in [-0.05, 0) is 42.7 Å². The van der Waals surface area contributed by atoms with Gasteiger partial charge in [-0.25, -0.2) is 13.1 Å². The molecule has 0 atom stereocenters. The number of non-ortho nitro benzene ring substituents is 1. The molecule has 3 aromatic rings. The summed E-state index contributed by atoms with van der Waals surface area (Å²) in [6.45, 7) is 1.29. The van der Waals surface area contributed by atoms with Gasteiger partial charge in [0.25, 0.3) is 11.6 Å². The molecule has 1 aliphatic heterocycles. The third-order valence-electron chi connectivity index (χ3n) is 5.46. The van der Waals surface area contributed by atoms with Gasteiger partial charge in [-0.2, -0.15) is 9.40 Å². The number of nitrogens with zero attached hydrogens (tertiary/aromatic N) is 4. The maximum Gasteiger partial charge on any atom is 0.272 e. The van der Waals surface area contributed by atoms with E-state index in [2.05, 4.69) is 10.4 Å². The second-order valence-corrected chi connectivity index (χ2v) is 9.65. The first-order valence-electron chi connectivity index (χ1n) is 10.5. The largest absolute Gasteiger partial charge is 0.347 e. The van der Waals surface area contributed by atoms with Crippen LogP contribution in [0.4, 0.5) is 5.69 Å². The average Bonchev–Trinajstić information content (AvgIpc) is 3.34. The predicted molar refractivity (Wildman–Crippen MR) is 120 cm³/mol. The summed E-state index contributed by atoms with van der Waals surface area (Å²) in [5.74, 6) is -0.413. The molecular formula is C22H23N5O5S. The first-order chi connectivity index (χ1) is 15.8. The topological polar surface area (TPSA) is 127 Å². The van der Waals surface area contributed by atoms with Crippen molar-refractivity contribution in [1.82, 2.24) is 19.4 Å². The zero-order valence-corrected chi connectivity index (χ0v) is 18.6. The molecule has 2 heterocycles. The molecule has 1 N–H and O–H groups in total. The standard InChI is InChI=1S/C22H23N5O5S/c28-22(21-11-14-26(24-21)18-5-4-6-19(15-18)27(29)30)23-16-17-7-9-20(10-8-17)33(31,32)25-12-2-1-3-13-25/h4-11,14-15H,1-3,12-13,16H2,(H,23,28). The van der Waals surface area contributed by atoms with Crippen LogP contribution in [0.1, 0.15) is 35.3 Å². The number of rotatable bonds is 7. The van der Waals surface area contributed by atoms with Crippen molar-refractivity contribution in [1.29, 1.82) is 0 Å². The molecule has 0 bridgehead atoms. The zero-order chi connectivity index (χ0) is 23.4. The molecular weight excluding hydrogens is 446 g/mol. The van der Waals surface area contributed by atoms with Crippen LogP contribution in [0.3, 0.4) is 0 Å². The van der Waals surface area contributed by atoms with E-state index in [9.17, 15) is 23.3 Å². The Morgan fingerprint density at radius 1 is 1.06 bits per heavy atom. The number of amides is 1. The maximum atomic E-state index is 12.7. The molecule has 0 aliphatic carbocycles. The number of carbonyl (C=O) groups is 1. The average molecular weight is 470 g/mol. The molecule has 1 fully saturated rings. The third kappa shape index (κ3) is 5.10. The fraction of sp³-hybridized carbons (Fsp3) is 0.273. The van der Waals surface area contributed by atoms with Crippen molar-refractivity contribution >= 4 is 21.6 Å². The molecule has 1 aliphatic rings. The molecule has 1 amide bonds. The second-order valence-electron chi connectivity index (χ2n) is 7.71. The summed E-state index contributed by atoms with van der Waals surface area (Å²) in [7, 11) is -3.49. The van der Waals surface area contributed by atoms with Crippen molar-refractivity contribution in [2.24, 2.45) is 0 Å². The number of nitro groups is 1. The highest BCUT2D eigenvalue weighted by atomic mass is 32.2. The summed E-state index contributed by atoms with van der Waals surface area (Å²) in [4.78, 5) is 23.2. The molecule has 4 rings (SSSR count). The monoisotopic (exact) mass is 469 g/mol.